The first kappa shape index (κ1) is 24.6. The number of hydrogen-bond donors (Lipinski definition) is 3. The summed E-state index contributed by atoms with van der Waals surface area (Å²) in [6.45, 7) is 10.1. The molecular formula is C27H32N8O2. The van der Waals surface area contributed by atoms with Crippen molar-refractivity contribution in [3.8, 4) is 5.69 Å². The zero-order valence-electron chi connectivity index (χ0n) is 21.6. The average Bonchev–Trinajstić information content (AvgIpc) is 3.14. The third-order valence-corrected chi connectivity index (χ3v) is 6.48. The van der Waals surface area contributed by atoms with E-state index in [1.54, 1.807) is 21.8 Å². The van der Waals surface area contributed by atoms with Crippen LogP contribution in [0.5, 0.6) is 0 Å². The summed E-state index contributed by atoms with van der Waals surface area (Å²) in [4.78, 5) is 38.6. The van der Waals surface area contributed by atoms with Crippen LogP contribution in [0.25, 0.3) is 16.7 Å². The van der Waals surface area contributed by atoms with Gasteiger partial charge in [-0.3, -0.25) is 14.6 Å². The fourth-order valence-corrected chi connectivity index (χ4v) is 4.54. The van der Waals surface area contributed by atoms with Crippen molar-refractivity contribution in [2.75, 3.05) is 18.4 Å². The molecule has 1 aromatic carbocycles. The molecule has 0 saturated heterocycles. The smallest absolute Gasteiger partial charge is 0.278 e. The minimum atomic E-state index is -0.221. The third kappa shape index (κ3) is 5.10. The second kappa shape index (κ2) is 9.78. The van der Waals surface area contributed by atoms with E-state index in [-0.39, 0.29) is 23.4 Å². The topological polar surface area (TPSA) is 119 Å². The summed E-state index contributed by atoms with van der Waals surface area (Å²) in [5.74, 6) is 0.246. The highest BCUT2D eigenvalue weighted by atomic mass is 16.1. The monoisotopic (exact) mass is 500 g/mol. The number of rotatable bonds is 6. The SMILES string of the molecule is CC(=O)NCCn1c(=O)c2cnc(Nc3ccc4c(c3)CNCC4)nc2n1-c1ccnc(C(C)(C)C)c1. The molecule has 1 aliphatic rings. The molecule has 4 heterocycles. The maximum absolute atomic E-state index is 13.4. The first-order valence-electron chi connectivity index (χ1n) is 12.5. The fraction of sp³-hybridized carbons (Fsp3) is 0.370. The van der Waals surface area contributed by atoms with Gasteiger partial charge in [-0.25, -0.2) is 14.3 Å². The summed E-state index contributed by atoms with van der Waals surface area (Å²) in [7, 11) is 0. The number of anilines is 2. The van der Waals surface area contributed by atoms with Gasteiger partial charge in [0.25, 0.3) is 5.56 Å². The van der Waals surface area contributed by atoms with Crippen LogP contribution >= 0.6 is 0 Å². The molecule has 10 heteroatoms. The van der Waals surface area contributed by atoms with Gasteiger partial charge >= 0.3 is 0 Å². The second-order valence-corrected chi connectivity index (χ2v) is 10.3. The molecule has 3 aromatic heterocycles. The van der Waals surface area contributed by atoms with Crippen molar-refractivity contribution in [2.24, 2.45) is 0 Å². The van der Waals surface area contributed by atoms with E-state index in [1.807, 2.05) is 18.2 Å². The second-order valence-electron chi connectivity index (χ2n) is 10.3. The first-order chi connectivity index (χ1) is 17.7. The number of nitrogens with zero attached hydrogens (tertiary/aromatic N) is 5. The third-order valence-electron chi connectivity index (χ3n) is 6.48. The number of hydrogen-bond acceptors (Lipinski definition) is 7. The number of benzene rings is 1. The predicted octanol–water partition coefficient (Wildman–Crippen LogP) is 2.80. The Morgan fingerprint density at radius 1 is 1.14 bits per heavy atom. The summed E-state index contributed by atoms with van der Waals surface area (Å²) in [5.41, 5.74) is 5.23. The molecule has 0 spiro atoms. The normalized spacial score (nSPS) is 13.4. The molecule has 3 N–H and O–H groups in total. The maximum Gasteiger partial charge on any atom is 0.278 e. The van der Waals surface area contributed by atoms with Crippen molar-refractivity contribution in [1.82, 2.24) is 34.9 Å². The highest BCUT2D eigenvalue weighted by Crippen LogP contribution is 2.25. The van der Waals surface area contributed by atoms with Crippen molar-refractivity contribution >= 4 is 28.6 Å². The molecule has 192 valence electrons. The lowest BCUT2D eigenvalue weighted by molar-refractivity contribution is -0.119. The van der Waals surface area contributed by atoms with Gasteiger partial charge in [0.2, 0.25) is 11.9 Å². The summed E-state index contributed by atoms with van der Waals surface area (Å²) in [5, 5.41) is 9.87. The molecule has 0 saturated carbocycles. The average molecular weight is 501 g/mol. The van der Waals surface area contributed by atoms with Crippen LogP contribution in [-0.2, 0) is 29.7 Å². The Bertz CT molecular complexity index is 1530. The molecule has 1 amide bonds. The molecule has 5 rings (SSSR count). The van der Waals surface area contributed by atoms with Gasteiger partial charge in [0.05, 0.1) is 12.2 Å². The number of carbonyl (C=O) groups excluding carboxylic acids is 1. The van der Waals surface area contributed by atoms with Crippen molar-refractivity contribution < 1.29 is 4.79 Å². The molecule has 0 unspecified atom stereocenters. The van der Waals surface area contributed by atoms with Crippen LogP contribution in [0.4, 0.5) is 11.6 Å². The minimum Gasteiger partial charge on any atom is -0.354 e. The van der Waals surface area contributed by atoms with Gasteiger partial charge in [0, 0.05) is 49.2 Å². The van der Waals surface area contributed by atoms with Crippen LogP contribution in [0, 0.1) is 0 Å². The molecule has 4 aromatic rings. The summed E-state index contributed by atoms with van der Waals surface area (Å²) >= 11 is 0. The van der Waals surface area contributed by atoms with Gasteiger partial charge in [-0.05, 0) is 48.4 Å². The highest BCUT2D eigenvalue weighted by molar-refractivity contribution is 5.77. The van der Waals surface area contributed by atoms with E-state index in [4.69, 9.17) is 4.98 Å². The number of pyridine rings is 1. The first-order valence-corrected chi connectivity index (χ1v) is 12.5. The molecule has 1 aliphatic heterocycles. The van der Waals surface area contributed by atoms with Crippen LogP contribution in [0.2, 0.25) is 0 Å². The maximum atomic E-state index is 13.4. The zero-order valence-corrected chi connectivity index (χ0v) is 21.6. The van der Waals surface area contributed by atoms with Crippen LogP contribution in [-0.4, -0.2) is 43.3 Å². The van der Waals surface area contributed by atoms with Gasteiger partial charge in [0.1, 0.15) is 5.39 Å². The fourth-order valence-electron chi connectivity index (χ4n) is 4.54. The van der Waals surface area contributed by atoms with E-state index in [0.717, 1.165) is 36.6 Å². The van der Waals surface area contributed by atoms with Gasteiger partial charge in [-0.15, -0.1) is 0 Å². The zero-order chi connectivity index (χ0) is 26.2. The largest absolute Gasteiger partial charge is 0.354 e. The Kier molecular flexibility index (Phi) is 6.51. The van der Waals surface area contributed by atoms with Crippen molar-refractivity contribution in [3.05, 3.63) is 69.9 Å². The van der Waals surface area contributed by atoms with E-state index in [0.29, 0.717) is 23.5 Å². The molecule has 0 atom stereocenters. The number of carbonyl (C=O) groups is 1. The van der Waals surface area contributed by atoms with E-state index >= 15 is 0 Å². The van der Waals surface area contributed by atoms with Crippen LogP contribution < -0.4 is 21.5 Å². The highest BCUT2D eigenvalue weighted by Gasteiger charge is 2.21. The van der Waals surface area contributed by atoms with Crippen LogP contribution in [0.15, 0.2) is 47.5 Å². The number of amides is 1. The Morgan fingerprint density at radius 2 is 1.97 bits per heavy atom. The Hall–Kier alpha value is -4.05. The standard InChI is InChI=1S/C27H32N8O2/c1-17(36)29-11-12-34-25(37)22-16-31-26(32-20-6-5-18-7-9-28-15-19(18)13-20)33-24(22)35(34)21-8-10-30-23(14-21)27(2,3)4/h5-6,8,10,13-14,16,28H,7,9,11-12,15H2,1-4H3,(H,29,36)(H,31,32,33). The van der Waals surface area contributed by atoms with Gasteiger partial charge < -0.3 is 16.0 Å². The molecule has 0 radical (unpaired) electrons. The number of aromatic nitrogens is 5. The van der Waals surface area contributed by atoms with Gasteiger partial charge in [0.15, 0.2) is 5.65 Å². The van der Waals surface area contributed by atoms with Crippen LogP contribution in [0.3, 0.4) is 0 Å². The van der Waals surface area contributed by atoms with Crippen molar-refractivity contribution in [2.45, 2.75) is 52.6 Å². The molecule has 0 aliphatic carbocycles. The van der Waals surface area contributed by atoms with E-state index < -0.39 is 0 Å². The quantitative estimate of drug-likeness (QED) is 0.373. The minimum absolute atomic E-state index is 0.152. The predicted molar refractivity (Wildman–Crippen MR) is 143 cm³/mol. The summed E-state index contributed by atoms with van der Waals surface area (Å²) in [6.07, 6.45) is 4.31. The molecular weight excluding hydrogens is 468 g/mol. The van der Waals surface area contributed by atoms with Crippen molar-refractivity contribution in [3.63, 3.8) is 0 Å². The lowest BCUT2D eigenvalue weighted by atomic mass is 9.91. The molecule has 37 heavy (non-hydrogen) atoms. The van der Waals surface area contributed by atoms with E-state index in [2.05, 4.69) is 58.8 Å². The van der Waals surface area contributed by atoms with E-state index in [9.17, 15) is 9.59 Å². The number of nitrogens with one attached hydrogen (secondary N) is 3. The van der Waals surface area contributed by atoms with Gasteiger partial charge in [-0.1, -0.05) is 26.8 Å². The Balaban J connectivity index is 1.60. The Labute approximate surface area is 215 Å². The lowest BCUT2D eigenvalue weighted by Crippen LogP contribution is -2.31. The van der Waals surface area contributed by atoms with Crippen molar-refractivity contribution in [1.29, 1.82) is 0 Å². The molecule has 10 nitrogen and oxygen atoms in total. The lowest BCUT2D eigenvalue weighted by Gasteiger charge is -2.20. The van der Waals surface area contributed by atoms with E-state index in [1.165, 1.54) is 18.1 Å². The Morgan fingerprint density at radius 3 is 2.76 bits per heavy atom. The molecule has 0 bridgehead atoms. The summed E-state index contributed by atoms with van der Waals surface area (Å²) in [6, 6.07) is 10.1. The molecule has 0 fully saturated rings. The van der Waals surface area contributed by atoms with Crippen LogP contribution in [0.1, 0.15) is 44.5 Å². The summed E-state index contributed by atoms with van der Waals surface area (Å²) < 4.78 is 3.38. The van der Waals surface area contributed by atoms with Gasteiger partial charge in [-0.2, -0.15) is 4.98 Å². The number of fused-ring (bicyclic) bond motifs is 2.